The Morgan fingerprint density at radius 2 is 1.81 bits per heavy atom. The van der Waals surface area contributed by atoms with Gasteiger partial charge in [0.05, 0.1) is 18.1 Å². The SMILES string of the molecule is COC(=O)C(C)(C)C(C)(C)Nc1ccc2nnc(-c3ccccc3F)n2n1. The van der Waals surface area contributed by atoms with E-state index in [1.807, 2.05) is 13.8 Å². The van der Waals surface area contributed by atoms with Gasteiger partial charge in [-0.1, -0.05) is 12.1 Å². The number of methoxy groups -OCH3 is 1. The first-order chi connectivity index (χ1) is 12.7. The fourth-order valence-corrected chi connectivity index (χ4v) is 2.65. The number of aromatic nitrogens is 4. The van der Waals surface area contributed by atoms with E-state index in [2.05, 4.69) is 20.6 Å². The number of halogens is 1. The monoisotopic (exact) mass is 371 g/mol. The summed E-state index contributed by atoms with van der Waals surface area (Å²) in [7, 11) is 1.36. The Balaban J connectivity index is 2.01. The number of nitrogens with zero attached hydrogens (tertiary/aromatic N) is 4. The molecular weight excluding hydrogens is 349 g/mol. The minimum atomic E-state index is -0.820. The zero-order valence-corrected chi connectivity index (χ0v) is 15.9. The summed E-state index contributed by atoms with van der Waals surface area (Å²) < 4.78 is 20.6. The summed E-state index contributed by atoms with van der Waals surface area (Å²) in [6.07, 6.45) is 0. The van der Waals surface area contributed by atoms with Crippen LogP contribution in [0.25, 0.3) is 17.0 Å². The molecule has 0 atom stereocenters. The average molecular weight is 371 g/mol. The molecule has 0 saturated heterocycles. The highest BCUT2D eigenvalue weighted by molar-refractivity contribution is 5.78. The number of carbonyl (C=O) groups is 1. The van der Waals surface area contributed by atoms with Crippen LogP contribution in [0.5, 0.6) is 0 Å². The van der Waals surface area contributed by atoms with Gasteiger partial charge in [0.1, 0.15) is 11.6 Å². The van der Waals surface area contributed by atoms with E-state index in [0.29, 0.717) is 22.9 Å². The number of hydrogen-bond acceptors (Lipinski definition) is 6. The lowest BCUT2D eigenvalue weighted by Gasteiger charge is -2.40. The third-order valence-electron chi connectivity index (χ3n) is 5.08. The normalized spacial score (nSPS) is 12.2. The summed E-state index contributed by atoms with van der Waals surface area (Å²) in [4.78, 5) is 12.2. The van der Waals surface area contributed by atoms with Gasteiger partial charge in [-0.15, -0.1) is 15.3 Å². The van der Waals surface area contributed by atoms with E-state index in [-0.39, 0.29) is 5.97 Å². The summed E-state index contributed by atoms with van der Waals surface area (Å²) in [6, 6.07) is 9.79. The second-order valence-corrected chi connectivity index (χ2v) is 7.36. The largest absolute Gasteiger partial charge is 0.469 e. The van der Waals surface area contributed by atoms with E-state index >= 15 is 0 Å². The van der Waals surface area contributed by atoms with Crippen molar-refractivity contribution in [2.24, 2.45) is 5.41 Å². The highest BCUT2D eigenvalue weighted by Gasteiger charge is 2.44. The molecule has 7 nitrogen and oxygen atoms in total. The van der Waals surface area contributed by atoms with Crippen LogP contribution < -0.4 is 5.32 Å². The molecule has 0 fully saturated rings. The summed E-state index contributed by atoms with van der Waals surface area (Å²) in [5.74, 6) is 0.0650. The maximum atomic E-state index is 14.2. The van der Waals surface area contributed by atoms with Gasteiger partial charge in [-0.05, 0) is 52.0 Å². The van der Waals surface area contributed by atoms with Crippen LogP contribution in [0.4, 0.5) is 10.2 Å². The predicted molar refractivity (Wildman–Crippen MR) is 99.7 cm³/mol. The molecule has 1 N–H and O–H groups in total. The topological polar surface area (TPSA) is 81.4 Å². The zero-order valence-electron chi connectivity index (χ0n) is 15.9. The third-order valence-corrected chi connectivity index (χ3v) is 5.08. The van der Waals surface area contributed by atoms with E-state index in [9.17, 15) is 9.18 Å². The van der Waals surface area contributed by atoms with Gasteiger partial charge in [0.2, 0.25) is 0 Å². The molecule has 2 aromatic heterocycles. The minimum absolute atomic E-state index is 0.303. The standard InChI is InChI=1S/C19H22FN5O2/c1-18(2,17(26)27-5)19(3,4)21-14-10-11-15-22-23-16(25(15)24-14)12-8-6-7-9-13(12)20/h6-11H,1-5H3,(H,21,24). The Kier molecular flexibility index (Phi) is 4.59. The number of benzene rings is 1. The molecular formula is C19H22FN5O2. The molecule has 0 aliphatic carbocycles. The number of ether oxygens (including phenoxy) is 1. The van der Waals surface area contributed by atoms with Crippen molar-refractivity contribution in [2.75, 3.05) is 12.4 Å². The van der Waals surface area contributed by atoms with Crippen molar-refractivity contribution in [1.29, 1.82) is 0 Å². The summed E-state index contributed by atoms with van der Waals surface area (Å²) in [5, 5.41) is 15.9. The molecule has 0 saturated carbocycles. The van der Waals surface area contributed by atoms with Crippen molar-refractivity contribution in [3.8, 4) is 11.4 Å². The lowest BCUT2D eigenvalue weighted by molar-refractivity contribution is -0.153. The third kappa shape index (κ3) is 3.22. The predicted octanol–water partition coefficient (Wildman–Crippen LogP) is 3.32. The van der Waals surface area contributed by atoms with Crippen LogP contribution in [0.2, 0.25) is 0 Å². The Morgan fingerprint density at radius 3 is 2.48 bits per heavy atom. The van der Waals surface area contributed by atoms with Crippen molar-refractivity contribution >= 4 is 17.4 Å². The Labute approximate surface area is 156 Å². The van der Waals surface area contributed by atoms with Crippen molar-refractivity contribution in [3.05, 3.63) is 42.2 Å². The van der Waals surface area contributed by atoms with Crippen LogP contribution >= 0.6 is 0 Å². The molecule has 0 spiro atoms. The van der Waals surface area contributed by atoms with E-state index < -0.39 is 16.8 Å². The van der Waals surface area contributed by atoms with Crippen LogP contribution in [-0.4, -0.2) is 38.4 Å². The lowest BCUT2D eigenvalue weighted by Crippen LogP contribution is -2.51. The fourth-order valence-electron chi connectivity index (χ4n) is 2.65. The molecule has 142 valence electrons. The minimum Gasteiger partial charge on any atom is -0.469 e. The van der Waals surface area contributed by atoms with E-state index in [1.54, 1.807) is 44.2 Å². The highest BCUT2D eigenvalue weighted by atomic mass is 19.1. The van der Waals surface area contributed by atoms with Gasteiger partial charge >= 0.3 is 5.97 Å². The number of anilines is 1. The van der Waals surface area contributed by atoms with Gasteiger partial charge < -0.3 is 10.1 Å². The van der Waals surface area contributed by atoms with E-state index in [0.717, 1.165) is 0 Å². The first-order valence-corrected chi connectivity index (χ1v) is 8.51. The fraction of sp³-hybridized carbons (Fsp3) is 0.368. The average Bonchev–Trinajstić information content (AvgIpc) is 3.04. The van der Waals surface area contributed by atoms with Gasteiger partial charge in [0, 0.05) is 5.54 Å². The number of esters is 1. The smallest absolute Gasteiger partial charge is 0.313 e. The number of carbonyl (C=O) groups excluding carboxylic acids is 1. The van der Waals surface area contributed by atoms with Crippen LogP contribution in [0, 0.1) is 11.2 Å². The van der Waals surface area contributed by atoms with Gasteiger partial charge in [0.25, 0.3) is 0 Å². The number of nitrogens with one attached hydrogen (secondary N) is 1. The molecule has 0 aliphatic heterocycles. The molecule has 0 amide bonds. The van der Waals surface area contributed by atoms with Gasteiger partial charge in [-0.2, -0.15) is 4.52 Å². The molecule has 3 rings (SSSR count). The molecule has 0 bridgehead atoms. The Bertz CT molecular complexity index is 997. The molecule has 1 aromatic carbocycles. The van der Waals surface area contributed by atoms with Gasteiger partial charge in [-0.3, -0.25) is 4.79 Å². The Hall–Kier alpha value is -3.03. The van der Waals surface area contributed by atoms with Crippen LogP contribution in [0.3, 0.4) is 0 Å². The van der Waals surface area contributed by atoms with Gasteiger partial charge in [-0.25, -0.2) is 4.39 Å². The maximum Gasteiger partial charge on any atom is 0.313 e. The van der Waals surface area contributed by atoms with E-state index in [4.69, 9.17) is 4.74 Å². The zero-order chi connectivity index (χ0) is 19.8. The lowest BCUT2D eigenvalue weighted by atomic mass is 9.74. The van der Waals surface area contributed by atoms with Crippen molar-refractivity contribution in [2.45, 2.75) is 33.2 Å². The van der Waals surface area contributed by atoms with Crippen LogP contribution in [0.1, 0.15) is 27.7 Å². The quantitative estimate of drug-likeness (QED) is 0.693. The number of fused-ring (bicyclic) bond motifs is 1. The molecule has 0 radical (unpaired) electrons. The summed E-state index contributed by atoms with van der Waals surface area (Å²) in [6.45, 7) is 7.38. The van der Waals surface area contributed by atoms with Crippen molar-refractivity contribution in [3.63, 3.8) is 0 Å². The highest BCUT2D eigenvalue weighted by Crippen LogP contribution is 2.34. The first kappa shape index (κ1) is 18.8. The number of rotatable bonds is 5. The first-order valence-electron chi connectivity index (χ1n) is 8.51. The summed E-state index contributed by atoms with van der Waals surface area (Å²) in [5.41, 5.74) is -0.694. The van der Waals surface area contributed by atoms with E-state index in [1.165, 1.54) is 17.7 Å². The Morgan fingerprint density at radius 1 is 1.11 bits per heavy atom. The molecule has 27 heavy (non-hydrogen) atoms. The second kappa shape index (κ2) is 6.61. The van der Waals surface area contributed by atoms with Crippen LogP contribution in [-0.2, 0) is 9.53 Å². The summed E-state index contributed by atoms with van der Waals surface area (Å²) >= 11 is 0. The maximum absolute atomic E-state index is 14.2. The van der Waals surface area contributed by atoms with Gasteiger partial charge in [0.15, 0.2) is 11.5 Å². The van der Waals surface area contributed by atoms with Crippen molar-refractivity contribution < 1.29 is 13.9 Å². The molecule has 0 unspecified atom stereocenters. The van der Waals surface area contributed by atoms with Crippen LogP contribution in [0.15, 0.2) is 36.4 Å². The molecule has 8 heteroatoms. The number of hydrogen-bond donors (Lipinski definition) is 1. The molecule has 3 aromatic rings. The molecule has 2 heterocycles. The second-order valence-electron chi connectivity index (χ2n) is 7.36. The molecule has 0 aliphatic rings. The van der Waals surface area contributed by atoms with Crippen molar-refractivity contribution in [1.82, 2.24) is 19.8 Å².